The third-order valence-corrected chi connectivity index (χ3v) is 3.28. The van der Waals surface area contributed by atoms with Crippen molar-refractivity contribution in [1.82, 2.24) is 5.32 Å². The number of hydrogen-bond acceptors (Lipinski definition) is 1. The summed E-state index contributed by atoms with van der Waals surface area (Å²) in [4.78, 5) is 0. The Kier molecular flexibility index (Phi) is 4.85. The summed E-state index contributed by atoms with van der Waals surface area (Å²) >= 11 is 0. The fourth-order valence-electron chi connectivity index (χ4n) is 2.12. The molecule has 0 amide bonds. The molecule has 0 spiro atoms. The Labute approximate surface area is 118 Å². The van der Waals surface area contributed by atoms with Gasteiger partial charge >= 0.3 is 0 Å². The van der Waals surface area contributed by atoms with Crippen LogP contribution in [0, 0.1) is 18.6 Å². The van der Waals surface area contributed by atoms with Gasteiger partial charge in [-0.05, 0) is 42.6 Å². The lowest BCUT2D eigenvalue weighted by Crippen LogP contribution is -2.13. The quantitative estimate of drug-likeness (QED) is 0.795. The minimum absolute atomic E-state index is 0.0538. The van der Waals surface area contributed by atoms with Crippen molar-refractivity contribution in [3.05, 3.63) is 59.2 Å². The van der Waals surface area contributed by atoms with Gasteiger partial charge in [0.15, 0.2) is 0 Å². The van der Waals surface area contributed by atoms with Crippen LogP contribution >= 0.6 is 0 Å². The van der Waals surface area contributed by atoms with Crippen LogP contribution in [0.15, 0.2) is 36.4 Å². The lowest BCUT2D eigenvalue weighted by Gasteiger charge is -2.09. The van der Waals surface area contributed by atoms with Crippen LogP contribution < -0.4 is 5.32 Å². The molecule has 20 heavy (non-hydrogen) atoms. The molecule has 0 saturated heterocycles. The van der Waals surface area contributed by atoms with Gasteiger partial charge in [0.1, 0.15) is 11.6 Å². The number of nitrogens with one attached hydrogen (secondary N) is 1. The Morgan fingerprint density at radius 3 is 2.35 bits per heavy atom. The minimum atomic E-state index is -0.523. The average molecular weight is 275 g/mol. The molecular formula is C17H19F2N. The molecule has 0 heterocycles. The van der Waals surface area contributed by atoms with Gasteiger partial charge in [0, 0.05) is 6.54 Å². The molecule has 0 radical (unpaired) electrons. The number of rotatable bonds is 5. The van der Waals surface area contributed by atoms with Gasteiger partial charge in [0.25, 0.3) is 0 Å². The van der Waals surface area contributed by atoms with E-state index in [9.17, 15) is 8.78 Å². The van der Waals surface area contributed by atoms with E-state index in [1.54, 1.807) is 19.1 Å². The lowest BCUT2D eigenvalue weighted by molar-refractivity contribution is 0.583. The van der Waals surface area contributed by atoms with E-state index in [0.29, 0.717) is 11.1 Å². The van der Waals surface area contributed by atoms with E-state index >= 15 is 0 Å². The molecule has 1 nitrogen and oxygen atoms in total. The van der Waals surface area contributed by atoms with Crippen LogP contribution in [-0.4, -0.2) is 6.54 Å². The van der Waals surface area contributed by atoms with Crippen molar-refractivity contribution in [1.29, 1.82) is 0 Å². The summed E-state index contributed by atoms with van der Waals surface area (Å²) in [5.41, 5.74) is 2.19. The molecule has 0 aliphatic rings. The average Bonchev–Trinajstić information content (AvgIpc) is 2.45. The van der Waals surface area contributed by atoms with Crippen LogP contribution in [0.5, 0.6) is 0 Å². The summed E-state index contributed by atoms with van der Waals surface area (Å²) in [6, 6.07) is 10.1. The molecule has 2 rings (SSSR count). The molecule has 3 heteroatoms. The third-order valence-electron chi connectivity index (χ3n) is 3.28. The SMILES string of the molecule is CCCNCc1ccc(-c2c(F)ccc(C)c2F)cc1. The Morgan fingerprint density at radius 1 is 1.00 bits per heavy atom. The summed E-state index contributed by atoms with van der Waals surface area (Å²) in [5, 5.41) is 3.29. The van der Waals surface area contributed by atoms with Crippen molar-refractivity contribution in [3.8, 4) is 11.1 Å². The minimum Gasteiger partial charge on any atom is -0.313 e. The highest BCUT2D eigenvalue weighted by molar-refractivity contribution is 5.66. The zero-order valence-electron chi connectivity index (χ0n) is 11.8. The van der Waals surface area contributed by atoms with Crippen molar-refractivity contribution in [2.75, 3.05) is 6.54 Å². The first-order valence-electron chi connectivity index (χ1n) is 6.88. The first kappa shape index (κ1) is 14.7. The van der Waals surface area contributed by atoms with Gasteiger partial charge in [-0.25, -0.2) is 8.78 Å². The molecule has 0 unspecified atom stereocenters. The molecular weight excluding hydrogens is 256 g/mol. The van der Waals surface area contributed by atoms with Crippen molar-refractivity contribution in [3.63, 3.8) is 0 Å². The van der Waals surface area contributed by atoms with Gasteiger partial charge < -0.3 is 5.32 Å². The van der Waals surface area contributed by atoms with Crippen LogP contribution in [-0.2, 0) is 6.54 Å². The van der Waals surface area contributed by atoms with Crippen molar-refractivity contribution >= 4 is 0 Å². The molecule has 1 N–H and O–H groups in total. The highest BCUT2D eigenvalue weighted by Gasteiger charge is 2.13. The molecule has 0 aliphatic carbocycles. The molecule has 106 valence electrons. The predicted molar refractivity (Wildman–Crippen MR) is 78.5 cm³/mol. The Morgan fingerprint density at radius 2 is 1.70 bits per heavy atom. The smallest absolute Gasteiger partial charge is 0.136 e. The molecule has 0 saturated carbocycles. The van der Waals surface area contributed by atoms with Gasteiger partial charge in [0.2, 0.25) is 0 Å². The van der Waals surface area contributed by atoms with Crippen LogP contribution in [0.2, 0.25) is 0 Å². The highest BCUT2D eigenvalue weighted by atomic mass is 19.1. The Hall–Kier alpha value is -1.74. The number of aryl methyl sites for hydroxylation is 1. The molecule has 0 fully saturated rings. The molecule has 2 aromatic rings. The van der Waals surface area contributed by atoms with E-state index in [-0.39, 0.29) is 5.56 Å². The molecule has 2 aromatic carbocycles. The summed E-state index contributed by atoms with van der Waals surface area (Å²) < 4.78 is 27.9. The topological polar surface area (TPSA) is 12.0 Å². The van der Waals surface area contributed by atoms with Crippen LogP contribution in [0.3, 0.4) is 0 Å². The van der Waals surface area contributed by atoms with Crippen molar-refractivity contribution in [2.24, 2.45) is 0 Å². The number of hydrogen-bond donors (Lipinski definition) is 1. The maximum atomic E-state index is 14.0. The maximum Gasteiger partial charge on any atom is 0.136 e. The van der Waals surface area contributed by atoms with Gasteiger partial charge in [-0.3, -0.25) is 0 Å². The third kappa shape index (κ3) is 3.23. The van der Waals surface area contributed by atoms with E-state index in [0.717, 1.165) is 25.1 Å². The van der Waals surface area contributed by atoms with Gasteiger partial charge in [-0.1, -0.05) is 37.3 Å². The lowest BCUT2D eigenvalue weighted by atomic mass is 10.0. The van der Waals surface area contributed by atoms with Crippen molar-refractivity contribution < 1.29 is 8.78 Å². The second-order valence-corrected chi connectivity index (χ2v) is 4.93. The summed E-state index contributed by atoms with van der Waals surface area (Å²) in [5.74, 6) is -1.01. The summed E-state index contributed by atoms with van der Waals surface area (Å²) in [7, 11) is 0. The van der Waals surface area contributed by atoms with Crippen LogP contribution in [0.1, 0.15) is 24.5 Å². The Balaban J connectivity index is 2.24. The van der Waals surface area contributed by atoms with Gasteiger partial charge in [0.05, 0.1) is 5.56 Å². The monoisotopic (exact) mass is 275 g/mol. The molecule has 0 aromatic heterocycles. The Bertz CT molecular complexity index is 576. The summed E-state index contributed by atoms with van der Waals surface area (Å²) in [6.07, 6.45) is 1.08. The van der Waals surface area contributed by atoms with Gasteiger partial charge in [-0.2, -0.15) is 0 Å². The zero-order valence-corrected chi connectivity index (χ0v) is 11.8. The van der Waals surface area contributed by atoms with E-state index in [2.05, 4.69) is 12.2 Å². The zero-order chi connectivity index (χ0) is 14.5. The predicted octanol–water partition coefficient (Wildman–Crippen LogP) is 4.44. The largest absolute Gasteiger partial charge is 0.313 e. The maximum absolute atomic E-state index is 14.0. The molecule has 0 atom stereocenters. The fraction of sp³-hybridized carbons (Fsp3) is 0.294. The second-order valence-electron chi connectivity index (χ2n) is 4.93. The van der Waals surface area contributed by atoms with Crippen LogP contribution in [0.4, 0.5) is 8.78 Å². The highest BCUT2D eigenvalue weighted by Crippen LogP contribution is 2.28. The molecule has 0 bridgehead atoms. The van der Waals surface area contributed by atoms with E-state index in [1.807, 2.05) is 12.1 Å². The van der Waals surface area contributed by atoms with Crippen molar-refractivity contribution in [2.45, 2.75) is 26.8 Å². The van der Waals surface area contributed by atoms with E-state index in [4.69, 9.17) is 0 Å². The number of benzene rings is 2. The van der Waals surface area contributed by atoms with E-state index < -0.39 is 11.6 Å². The van der Waals surface area contributed by atoms with Crippen LogP contribution in [0.25, 0.3) is 11.1 Å². The standard InChI is InChI=1S/C17H19F2N/c1-3-10-20-11-13-5-7-14(8-6-13)16-15(18)9-4-12(2)17(16)19/h4-9,20H,3,10-11H2,1-2H3. The first-order valence-corrected chi connectivity index (χ1v) is 6.88. The van der Waals surface area contributed by atoms with E-state index in [1.165, 1.54) is 12.1 Å². The fourth-order valence-corrected chi connectivity index (χ4v) is 2.12. The summed E-state index contributed by atoms with van der Waals surface area (Å²) in [6.45, 7) is 5.48. The number of halogens is 2. The second kappa shape index (κ2) is 6.62. The molecule has 0 aliphatic heterocycles. The first-order chi connectivity index (χ1) is 9.63. The normalized spacial score (nSPS) is 10.8. The van der Waals surface area contributed by atoms with Gasteiger partial charge in [-0.15, -0.1) is 0 Å².